The zero-order valence-corrected chi connectivity index (χ0v) is 14.1. The van der Waals surface area contributed by atoms with E-state index in [1.165, 1.54) is 12.1 Å². The van der Waals surface area contributed by atoms with E-state index in [9.17, 15) is 4.39 Å². The van der Waals surface area contributed by atoms with Crippen LogP contribution in [0.25, 0.3) is 11.5 Å². The third-order valence-electron chi connectivity index (χ3n) is 3.27. The van der Waals surface area contributed by atoms with Crippen LogP contribution in [0.3, 0.4) is 0 Å². The molecule has 2 N–H and O–H groups in total. The van der Waals surface area contributed by atoms with Crippen molar-refractivity contribution in [1.29, 1.82) is 0 Å². The normalized spacial score (nSPS) is 10.7. The van der Waals surface area contributed by atoms with E-state index < -0.39 is 0 Å². The van der Waals surface area contributed by atoms with Crippen LogP contribution in [-0.4, -0.2) is 16.8 Å². The molecule has 0 unspecified atom stereocenters. The van der Waals surface area contributed by atoms with Crippen LogP contribution in [0, 0.1) is 5.82 Å². The molecule has 0 saturated carbocycles. The Morgan fingerprint density at radius 2 is 2.04 bits per heavy atom. The van der Waals surface area contributed by atoms with Gasteiger partial charge in [-0.15, -0.1) is 5.10 Å². The minimum Gasteiger partial charge on any atom is -0.490 e. The van der Waals surface area contributed by atoms with Crippen LogP contribution >= 0.6 is 11.6 Å². The van der Waals surface area contributed by atoms with Crippen LogP contribution in [-0.2, 0) is 6.61 Å². The molecule has 8 heteroatoms. The molecule has 2 aromatic carbocycles. The number of nitrogens with zero attached hydrogens (tertiary/aromatic N) is 2. The average Bonchev–Trinajstić information content (AvgIpc) is 3.01. The van der Waals surface area contributed by atoms with Gasteiger partial charge in [-0.05, 0) is 36.8 Å². The highest BCUT2D eigenvalue weighted by Crippen LogP contribution is 2.40. The predicted octanol–water partition coefficient (Wildman–Crippen LogP) is 4.09. The second-order valence-corrected chi connectivity index (χ2v) is 5.49. The third-order valence-corrected chi connectivity index (χ3v) is 3.55. The van der Waals surface area contributed by atoms with E-state index in [4.69, 9.17) is 31.2 Å². The molecule has 25 heavy (non-hydrogen) atoms. The van der Waals surface area contributed by atoms with Crippen molar-refractivity contribution >= 4 is 17.6 Å². The van der Waals surface area contributed by atoms with E-state index in [0.29, 0.717) is 34.3 Å². The summed E-state index contributed by atoms with van der Waals surface area (Å²) in [5.74, 6) is 0.654. The van der Waals surface area contributed by atoms with Gasteiger partial charge in [0, 0.05) is 5.56 Å². The molecule has 3 aromatic rings. The van der Waals surface area contributed by atoms with Gasteiger partial charge in [-0.25, -0.2) is 4.39 Å². The number of ether oxygens (including phenoxy) is 2. The summed E-state index contributed by atoms with van der Waals surface area (Å²) in [4.78, 5) is 0. The molecule has 1 heterocycles. The van der Waals surface area contributed by atoms with Gasteiger partial charge in [-0.1, -0.05) is 28.8 Å². The Morgan fingerprint density at radius 3 is 2.72 bits per heavy atom. The van der Waals surface area contributed by atoms with E-state index in [1.54, 1.807) is 24.3 Å². The molecule has 0 bridgehead atoms. The van der Waals surface area contributed by atoms with Crippen LogP contribution in [0.1, 0.15) is 12.5 Å². The Kier molecular flexibility index (Phi) is 5.04. The molecule has 130 valence electrons. The van der Waals surface area contributed by atoms with Crippen LogP contribution < -0.4 is 15.2 Å². The van der Waals surface area contributed by atoms with Crippen molar-refractivity contribution in [3.63, 3.8) is 0 Å². The molecule has 6 nitrogen and oxygen atoms in total. The van der Waals surface area contributed by atoms with E-state index in [2.05, 4.69) is 10.2 Å². The maximum Gasteiger partial charge on any atom is 0.313 e. The number of rotatable bonds is 6. The number of hydrogen-bond donors (Lipinski definition) is 1. The number of aromatic nitrogens is 2. The standard InChI is InChI=1S/C17H15ClFN3O3/c1-2-23-14-8-11(16-21-22-17(20)25-16)7-13(18)15(14)24-9-10-4-3-5-12(19)6-10/h3-8H,2,9H2,1H3,(H2,20,22). The maximum absolute atomic E-state index is 13.3. The van der Waals surface area contributed by atoms with Crippen molar-refractivity contribution in [1.82, 2.24) is 10.2 Å². The van der Waals surface area contributed by atoms with Crippen molar-refractivity contribution in [2.45, 2.75) is 13.5 Å². The van der Waals surface area contributed by atoms with Crippen molar-refractivity contribution in [3.05, 3.63) is 52.8 Å². The minimum absolute atomic E-state index is 0.0458. The van der Waals surface area contributed by atoms with E-state index in [1.807, 2.05) is 6.92 Å². The summed E-state index contributed by atoms with van der Waals surface area (Å²) in [6.45, 7) is 2.38. The topological polar surface area (TPSA) is 83.4 Å². The fourth-order valence-corrected chi connectivity index (χ4v) is 2.49. The van der Waals surface area contributed by atoms with Gasteiger partial charge < -0.3 is 19.6 Å². The maximum atomic E-state index is 13.3. The zero-order valence-electron chi connectivity index (χ0n) is 13.3. The number of nitrogens with two attached hydrogens (primary N) is 1. The van der Waals surface area contributed by atoms with Gasteiger partial charge in [0.25, 0.3) is 0 Å². The van der Waals surface area contributed by atoms with Crippen LogP contribution in [0.5, 0.6) is 11.5 Å². The summed E-state index contributed by atoms with van der Waals surface area (Å²) >= 11 is 6.32. The highest BCUT2D eigenvalue weighted by Gasteiger charge is 2.17. The average molecular weight is 364 g/mol. The lowest BCUT2D eigenvalue weighted by molar-refractivity contribution is 0.269. The SMILES string of the molecule is CCOc1cc(-c2nnc(N)o2)cc(Cl)c1OCc1cccc(F)c1. The Hall–Kier alpha value is -2.80. The second-order valence-electron chi connectivity index (χ2n) is 5.08. The molecular formula is C17H15ClFN3O3. The highest BCUT2D eigenvalue weighted by atomic mass is 35.5. The lowest BCUT2D eigenvalue weighted by atomic mass is 10.2. The molecule has 3 rings (SSSR count). The number of hydrogen-bond acceptors (Lipinski definition) is 6. The van der Waals surface area contributed by atoms with Gasteiger partial charge in [0.05, 0.1) is 11.6 Å². The van der Waals surface area contributed by atoms with Crippen molar-refractivity contribution in [2.24, 2.45) is 0 Å². The molecule has 0 aliphatic carbocycles. The number of benzene rings is 2. The summed E-state index contributed by atoms with van der Waals surface area (Å²) in [7, 11) is 0. The molecule has 0 aliphatic heterocycles. The number of nitrogen functional groups attached to an aromatic ring is 1. The van der Waals surface area contributed by atoms with E-state index >= 15 is 0 Å². The van der Waals surface area contributed by atoms with Crippen molar-refractivity contribution < 1.29 is 18.3 Å². The lowest BCUT2D eigenvalue weighted by Gasteiger charge is -2.14. The Morgan fingerprint density at radius 1 is 1.20 bits per heavy atom. The first-order chi connectivity index (χ1) is 12.1. The molecular weight excluding hydrogens is 349 g/mol. The summed E-state index contributed by atoms with van der Waals surface area (Å²) in [5.41, 5.74) is 6.67. The van der Waals surface area contributed by atoms with Crippen LogP contribution in [0.2, 0.25) is 5.02 Å². The molecule has 0 spiro atoms. The molecule has 0 atom stereocenters. The Balaban J connectivity index is 1.89. The fourth-order valence-electron chi connectivity index (χ4n) is 2.23. The third kappa shape index (κ3) is 4.00. The molecule has 0 fully saturated rings. The van der Waals surface area contributed by atoms with Gasteiger partial charge in [0.2, 0.25) is 5.89 Å². The zero-order chi connectivity index (χ0) is 17.8. The monoisotopic (exact) mass is 363 g/mol. The largest absolute Gasteiger partial charge is 0.490 e. The van der Waals surface area contributed by atoms with Gasteiger partial charge in [0.15, 0.2) is 11.5 Å². The first kappa shape index (κ1) is 17.0. The van der Waals surface area contributed by atoms with E-state index in [-0.39, 0.29) is 24.3 Å². The van der Waals surface area contributed by atoms with Crippen LogP contribution in [0.4, 0.5) is 10.4 Å². The van der Waals surface area contributed by atoms with Crippen molar-refractivity contribution in [2.75, 3.05) is 12.3 Å². The molecule has 0 radical (unpaired) electrons. The number of anilines is 1. The summed E-state index contributed by atoms with van der Waals surface area (Å²) in [6.07, 6.45) is 0. The second kappa shape index (κ2) is 7.40. The van der Waals surface area contributed by atoms with Gasteiger partial charge >= 0.3 is 6.01 Å². The molecule has 0 saturated heterocycles. The molecule has 0 amide bonds. The quantitative estimate of drug-likeness (QED) is 0.710. The predicted molar refractivity (Wildman–Crippen MR) is 91.1 cm³/mol. The van der Waals surface area contributed by atoms with Gasteiger partial charge in [-0.3, -0.25) is 0 Å². The Labute approximate surface area is 148 Å². The summed E-state index contributed by atoms with van der Waals surface area (Å²) in [6, 6.07) is 9.36. The smallest absolute Gasteiger partial charge is 0.313 e. The molecule has 0 aliphatic rings. The first-order valence-corrected chi connectivity index (χ1v) is 7.87. The highest BCUT2D eigenvalue weighted by molar-refractivity contribution is 6.32. The lowest BCUT2D eigenvalue weighted by Crippen LogP contribution is -2.01. The molecule has 1 aromatic heterocycles. The number of halogens is 2. The fraction of sp³-hybridized carbons (Fsp3) is 0.176. The van der Waals surface area contributed by atoms with Gasteiger partial charge in [-0.2, -0.15) is 0 Å². The van der Waals surface area contributed by atoms with Crippen LogP contribution in [0.15, 0.2) is 40.8 Å². The summed E-state index contributed by atoms with van der Waals surface area (Å²) < 4.78 is 29.8. The van der Waals surface area contributed by atoms with Gasteiger partial charge in [0.1, 0.15) is 12.4 Å². The van der Waals surface area contributed by atoms with Crippen molar-refractivity contribution in [3.8, 4) is 23.0 Å². The van der Waals surface area contributed by atoms with E-state index in [0.717, 1.165) is 0 Å². The Bertz CT molecular complexity index is 885. The minimum atomic E-state index is -0.332. The first-order valence-electron chi connectivity index (χ1n) is 7.49. The summed E-state index contributed by atoms with van der Waals surface area (Å²) in [5, 5.41) is 7.74.